The van der Waals surface area contributed by atoms with Crippen molar-refractivity contribution < 1.29 is 0 Å². The monoisotopic (exact) mass is 445 g/mol. The Morgan fingerprint density at radius 2 is 1.73 bits per heavy atom. The lowest BCUT2D eigenvalue weighted by molar-refractivity contribution is 0.254. The lowest BCUT2D eigenvalue weighted by atomic mass is 10.1. The molecule has 1 aliphatic heterocycles. The van der Waals surface area contributed by atoms with E-state index in [1.54, 1.807) is 0 Å². The average molecular weight is 446 g/mol. The Hall–Kier alpha value is -2.63. The molecule has 0 radical (unpaired) electrons. The SMILES string of the molecule is CCCc1cc(C(C)NCCN2CCN(c3cccc(C)c3C)CC2)nn1-c1ccccc1. The number of anilines is 1. The van der Waals surface area contributed by atoms with Crippen molar-refractivity contribution in [3.05, 3.63) is 77.1 Å². The molecule has 2 aromatic carbocycles. The number of benzene rings is 2. The molecule has 0 amide bonds. The lowest BCUT2D eigenvalue weighted by Crippen LogP contribution is -2.48. The van der Waals surface area contributed by atoms with Gasteiger partial charge < -0.3 is 10.2 Å². The van der Waals surface area contributed by atoms with Crippen LogP contribution in [0.25, 0.3) is 5.69 Å². The highest BCUT2D eigenvalue weighted by Gasteiger charge is 2.19. The van der Waals surface area contributed by atoms with E-state index < -0.39 is 0 Å². The Bertz CT molecular complexity index is 1020. The molecule has 0 spiro atoms. The molecule has 1 N–H and O–H groups in total. The van der Waals surface area contributed by atoms with Gasteiger partial charge in [-0.15, -0.1) is 0 Å². The number of nitrogens with one attached hydrogen (secondary N) is 1. The average Bonchev–Trinajstić information content (AvgIpc) is 3.26. The third kappa shape index (κ3) is 5.66. The summed E-state index contributed by atoms with van der Waals surface area (Å²) in [5.74, 6) is 0. The molecule has 1 fully saturated rings. The molecule has 1 saturated heterocycles. The van der Waals surface area contributed by atoms with Crippen molar-refractivity contribution in [2.24, 2.45) is 0 Å². The number of nitrogens with zero attached hydrogens (tertiary/aromatic N) is 4. The van der Waals surface area contributed by atoms with Crippen LogP contribution in [-0.2, 0) is 6.42 Å². The van der Waals surface area contributed by atoms with E-state index in [0.717, 1.165) is 63.5 Å². The minimum Gasteiger partial charge on any atom is -0.369 e. The predicted octanol–water partition coefficient (Wildman–Crippen LogP) is 4.91. The van der Waals surface area contributed by atoms with Crippen molar-refractivity contribution >= 4 is 5.69 Å². The van der Waals surface area contributed by atoms with Crippen LogP contribution in [0.4, 0.5) is 5.69 Å². The van der Waals surface area contributed by atoms with Gasteiger partial charge in [0.2, 0.25) is 0 Å². The van der Waals surface area contributed by atoms with Crippen molar-refractivity contribution in [1.82, 2.24) is 20.0 Å². The van der Waals surface area contributed by atoms with E-state index in [2.05, 4.69) is 102 Å². The topological polar surface area (TPSA) is 36.3 Å². The fourth-order valence-corrected chi connectivity index (χ4v) is 4.71. The second-order valence-corrected chi connectivity index (χ2v) is 9.28. The quantitative estimate of drug-likeness (QED) is 0.507. The Labute approximate surface area is 199 Å². The van der Waals surface area contributed by atoms with Crippen molar-refractivity contribution in [2.45, 2.75) is 46.6 Å². The molecule has 5 heteroatoms. The van der Waals surface area contributed by atoms with Crippen molar-refractivity contribution in [1.29, 1.82) is 0 Å². The fourth-order valence-electron chi connectivity index (χ4n) is 4.71. The first-order valence-electron chi connectivity index (χ1n) is 12.5. The molecule has 0 bridgehead atoms. The van der Waals surface area contributed by atoms with Crippen molar-refractivity contribution in [2.75, 3.05) is 44.2 Å². The molecule has 1 unspecified atom stereocenters. The Morgan fingerprint density at radius 1 is 0.970 bits per heavy atom. The summed E-state index contributed by atoms with van der Waals surface area (Å²) in [7, 11) is 0. The molecule has 0 aliphatic carbocycles. The zero-order valence-corrected chi connectivity index (χ0v) is 20.7. The fraction of sp³-hybridized carbons (Fsp3) is 0.464. The largest absolute Gasteiger partial charge is 0.369 e. The molecule has 33 heavy (non-hydrogen) atoms. The summed E-state index contributed by atoms with van der Waals surface area (Å²) >= 11 is 0. The van der Waals surface area contributed by atoms with E-state index in [0.29, 0.717) is 0 Å². The lowest BCUT2D eigenvalue weighted by Gasteiger charge is -2.37. The van der Waals surface area contributed by atoms with Gasteiger partial charge in [0.1, 0.15) is 0 Å². The van der Waals surface area contributed by atoms with E-state index in [9.17, 15) is 0 Å². The zero-order chi connectivity index (χ0) is 23.2. The van der Waals surface area contributed by atoms with Crippen LogP contribution in [0.3, 0.4) is 0 Å². The number of piperazine rings is 1. The van der Waals surface area contributed by atoms with Gasteiger partial charge in [0, 0.05) is 56.7 Å². The summed E-state index contributed by atoms with van der Waals surface area (Å²) in [5.41, 5.74) is 7.75. The molecule has 1 aliphatic rings. The number of hydrogen-bond acceptors (Lipinski definition) is 4. The molecule has 2 heterocycles. The summed E-state index contributed by atoms with van der Waals surface area (Å²) in [4.78, 5) is 5.12. The summed E-state index contributed by atoms with van der Waals surface area (Å²) < 4.78 is 2.11. The van der Waals surface area contributed by atoms with Gasteiger partial charge in [-0.25, -0.2) is 4.68 Å². The standard InChI is InChI=1S/C28H39N5/c1-5-10-26-21-27(30-33(26)25-12-7-6-8-13-25)24(4)29-15-16-31-17-19-32(20-18-31)28-14-9-11-22(2)23(28)3/h6-9,11-14,21,24,29H,5,10,15-20H2,1-4H3. The van der Waals surface area contributed by atoms with E-state index in [1.807, 2.05) is 0 Å². The summed E-state index contributed by atoms with van der Waals surface area (Å²) in [6.45, 7) is 15.4. The Kier molecular flexibility index (Phi) is 7.84. The zero-order valence-electron chi connectivity index (χ0n) is 20.7. The Morgan fingerprint density at radius 3 is 2.45 bits per heavy atom. The first-order valence-corrected chi connectivity index (χ1v) is 12.5. The second-order valence-electron chi connectivity index (χ2n) is 9.28. The smallest absolute Gasteiger partial charge is 0.0798 e. The van der Waals surface area contributed by atoms with E-state index >= 15 is 0 Å². The summed E-state index contributed by atoms with van der Waals surface area (Å²) in [6, 6.07) is 19.6. The normalized spacial score (nSPS) is 15.7. The van der Waals surface area contributed by atoms with Gasteiger partial charge >= 0.3 is 0 Å². The molecule has 176 valence electrons. The molecule has 4 rings (SSSR count). The van der Waals surface area contributed by atoms with Gasteiger partial charge in [-0.05, 0) is 62.6 Å². The predicted molar refractivity (Wildman–Crippen MR) is 139 cm³/mol. The number of aromatic nitrogens is 2. The molecular weight excluding hydrogens is 406 g/mol. The van der Waals surface area contributed by atoms with Crippen LogP contribution >= 0.6 is 0 Å². The number of aryl methyl sites for hydroxylation is 2. The highest BCUT2D eigenvalue weighted by Crippen LogP contribution is 2.24. The van der Waals surface area contributed by atoms with Gasteiger partial charge in [-0.2, -0.15) is 5.10 Å². The van der Waals surface area contributed by atoms with Gasteiger partial charge in [0.25, 0.3) is 0 Å². The second kappa shape index (κ2) is 11.0. The van der Waals surface area contributed by atoms with Gasteiger partial charge in [0.05, 0.1) is 11.4 Å². The first-order chi connectivity index (χ1) is 16.1. The molecule has 5 nitrogen and oxygen atoms in total. The Balaban J connectivity index is 1.29. The van der Waals surface area contributed by atoms with Crippen LogP contribution in [-0.4, -0.2) is 53.9 Å². The molecule has 3 aromatic rings. The van der Waals surface area contributed by atoms with E-state index in [1.165, 1.54) is 22.5 Å². The maximum Gasteiger partial charge on any atom is 0.0798 e. The molecule has 1 aromatic heterocycles. The van der Waals surface area contributed by atoms with Crippen LogP contribution in [0.1, 0.15) is 48.8 Å². The number of para-hydroxylation sites is 1. The molecule has 1 atom stereocenters. The minimum absolute atomic E-state index is 0.238. The third-order valence-electron chi connectivity index (χ3n) is 6.92. The van der Waals surface area contributed by atoms with Crippen LogP contribution in [0.2, 0.25) is 0 Å². The summed E-state index contributed by atoms with van der Waals surface area (Å²) in [6.07, 6.45) is 2.16. The van der Waals surface area contributed by atoms with E-state index in [4.69, 9.17) is 5.10 Å². The van der Waals surface area contributed by atoms with Crippen molar-refractivity contribution in [3.63, 3.8) is 0 Å². The third-order valence-corrected chi connectivity index (χ3v) is 6.92. The van der Waals surface area contributed by atoms with Crippen LogP contribution in [0, 0.1) is 13.8 Å². The number of hydrogen-bond donors (Lipinski definition) is 1. The highest BCUT2D eigenvalue weighted by molar-refractivity contribution is 5.56. The molecule has 0 saturated carbocycles. The van der Waals surface area contributed by atoms with Crippen LogP contribution in [0.5, 0.6) is 0 Å². The highest BCUT2D eigenvalue weighted by atomic mass is 15.3. The summed E-state index contributed by atoms with van der Waals surface area (Å²) in [5, 5.41) is 8.67. The number of rotatable bonds is 9. The van der Waals surface area contributed by atoms with Crippen molar-refractivity contribution in [3.8, 4) is 5.69 Å². The van der Waals surface area contributed by atoms with Crippen LogP contribution in [0.15, 0.2) is 54.6 Å². The van der Waals surface area contributed by atoms with Gasteiger partial charge in [-0.1, -0.05) is 43.7 Å². The van der Waals surface area contributed by atoms with Crippen LogP contribution < -0.4 is 10.2 Å². The van der Waals surface area contributed by atoms with Gasteiger partial charge in [-0.3, -0.25) is 4.90 Å². The van der Waals surface area contributed by atoms with E-state index in [-0.39, 0.29) is 6.04 Å². The van der Waals surface area contributed by atoms with Gasteiger partial charge in [0.15, 0.2) is 0 Å². The molecular formula is C28H39N5. The maximum atomic E-state index is 4.96. The minimum atomic E-state index is 0.238. The maximum absolute atomic E-state index is 4.96. The first kappa shape index (κ1) is 23.5.